The fraction of sp³-hybridized carbons (Fsp3) is 1.00. The number of hydrogen-bond acceptors (Lipinski definition) is 2. The summed E-state index contributed by atoms with van der Waals surface area (Å²) in [5, 5.41) is 3.50. The van der Waals surface area contributed by atoms with Crippen molar-refractivity contribution >= 4 is 0 Å². The minimum absolute atomic E-state index is 0.601. The van der Waals surface area contributed by atoms with E-state index in [1.54, 1.807) is 0 Å². The molecule has 1 atom stereocenters. The van der Waals surface area contributed by atoms with Crippen LogP contribution < -0.4 is 5.32 Å². The molecule has 0 aliphatic carbocycles. The minimum atomic E-state index is 0.601. The summed E-state index contributed by atoms with van der Waals surface area (Å²) < 4.78 is 0. The van der Waals surface area contributed by atoms with Crippen LogP contribution in [0.1, 0.15) is 41.0 Å². The fourth-order valence-corrected chi connectivity index (χ4v) is 1.64. The van der Waals surface area contributed by atoms with Gasteiger partial charge in [-0.2, -0.15) is 0 Å². The summed E-state index contributed by atoms with van der Waals surface area (Å²) in [4.78, 5) is 2.52. The Bertz CT molecular complexity index is 109. The molecule has 2 nitrogen and oxygen atoms in total. The summed E-state index contributed by atoms with van der Waals surface area (Å²) in [7, 11) is 0. The zero-order valence-corrected chi connectivity index (χ0v) is 9.93. The Kier molecular flexibility index (Phi) is 7.29. The molecule has 0 saturated heterocycles. The second-order valence-electron chi connectivity index (χ2n) is 3.85. The highest BCUT2D eigenvalue weighted by Gasteiger charge is 2.12. The molecule has 0 heterocycles. The van der Waals surface area contributed by atoms with Crippen molar-refractivity contribution in [1.82, 2.24) is 10.2 Å². The molecule has 80 valence electrons. The predicted octanol–water partition coefficient (Wildman–Crippen LogP) is 2.10. The third kappa shape index (κ3) is 5.27. The van der Waals surface area contributed by atoms with Gasteiger partial charge in [0.2, 0.25) is 0 Å². The van der Waals surface area contributed by atoms with Gasteiger partial charge in [-0.25, -0.2) is 0 Å². The number of rotatable bonds is 7. The summed E-state index contributed by atoms with van der Waals surface area (Å²) in [5.41, 5.74) is 0. The van der Waals surface area contributed by atoms with E-state index in [-0.39, 0.29) is 0 Å². The highest BCUT2D eigenvalue weighted by atomic mass is 15.2. The first kappa shape index (κ1) is 12.9. The normalized spacial score (nSPS) is 14.1. The maximum Gasteiger partial charge on any atom is 0.0217 e. The molecule has 0 aliphatic heterocycles. The predicted molar refractivity (Wildman–Crippen MR) is 60.1 cm³/mol. The topological polar surface area (TPSA) is 15.3 Å². The summed E-state index contributed by atoms with van der Waals surface area (Å²) in [6.07, 6.45) is 1.24. The smallest absolute Gasteiger partial charge is 0.0217 e. The van der Waals surface area contributed by atoms with Gasteiger partial charge in [0.1, 0.15) is 0 Å². The van der Waals surface area contributed by atoms with Crippen LogP contribution in [-0.4, -0.2) is 36.6 Å². The van der Waals surface area contributed by atoms with Crippen LogP contribution in [0.5, 0.6) is 0 Å². The molecule has 0 spiro atoms. The Labute approximate surface area is 83.7 Å². The van der Waals surface area contributed by atoms with Crippen LogP contribution in [0, 0.1) is 0 Å². The molecule has 0 bridgehead atoms. The molecule has 0 aromatic heterocycles. The first-order valence-corrected chi connectivity index (χ1v) is 5.63. The zero-order valence-electron chi connectivity index (χ0n) is 9.93. The molecule has 0 aromatic rings. The van der Waals surface area contributed by atoms with E-state index in [1.165, 1.54) is 6.42 Å². The van der Waals surface area contributed by atoms with Crippen molar-refractivity contribution in [2.45, 2.75) is 53.1 Å². The van der Waals surface area contributed by atoms with Crippen LogP contribution in [0.2, 0.25) is 0 Å². The van der Waals surface area contributed by atoms with Crippen LogP contribution in [-0.2, 0) is 0 Å². The molecule has 2 heteroatoms. The van der Waals surface area contributed by atoms with Gasteiger partial charge in [0.15, 0.2) is 0 Å². The fourth-order valence-electron chi connectivity index (χ4n) is 1.64. The molecule has 0 rings (SSSR count). The summed E-state index contributed by atoms with van der Waals surface area (Å²) in [6.45, 7) is 14.6. The van der Waals surface area contributed by atoms with Crippen molar-refractivity contribution < 1.29 is 0 Å². The lowest BCUT2D eigenvalue weighted by atomic mass is 10.2. The molecular weight excluding hydrogens is 160 g/mol. The van der Waals surface area contributed by atoms with E-state index in [0.29, 0.717) is 12.1 Å². The standard InChI is InChI=1S/C11H26N2/c1-6-11(9-12-10(4)5)13(7-2)8-3/h10-12H,6-9H2,1-5H3. The van der Waals surface area contributed by atoms with Crippen LogP contribution >= 0.6 is 0 Å². The summed E-state index contributed by atoms with van der Waals surface area (Å²) >= 11 is 0. The van der Waals surface area contributed by atoms with Crippen molar-refractivity contribution in [1.29, 1.82) is 0 Å². The van der Waals surface area contributed by atoms with Gasteiger partial charge in [0.05, 0.1) is 0 Å². The van der Waals surface area contributed by atoms with E-state index in [1.807, 2.05) is 0 Å². The average molecular weight is 186 g/mol. The lowest BCUT2D eigenvalue weighted by molar-refractivity contribution is 0.203. The van der Waals surface area contributed by atoms with Gasteiger partial charge in [0.25, 0.3) is 0 Å². The molecule has 0 aromatic carbocycles. The Morgan fingerprint density at radius 2 is 1.62 bits per heavy atom. The van der Waals surface area contributed by atoms with E-state index in [0.717, 1.165) is 19.6 Å². The number of likely N-dealkylation sites (N-methyl/N-ethyl adjacent to an activating group) is 1. The molecule has 13 heavy (non-hydrogen) atoms. The molecule has 0 saturated carbocycles. The van der Waals surface area contributed by atoms with Crippen LogP contribution in [0.4, 0.5) is 0 Å². The molecule has 1 unspecified atom stereocenters. The number of nitrogens with one attached hydrogen (secondary N) is 1. The quantitative estimate of drug-likeness (QED) is 0.655. The first-order chi connectivity index (χ1) is 6.15. The monoisotopic (exact) mass is 186 g/mol. The van der Waals surface area contributed by atoms with Crippen LogP contribution in [0.15, 0.2) is 0 Å². The van der Waals surface area contributed by atoms with E-state index < -0.39 is 0 Å². The molecular formula is C11H26N2. The highest BCUT2D eigenvalue weighted by Crippen LogP contribution is 2.02. The van der Waals surface area contributed by atoms with Crippen molar-refractivity contribution in [3.8, 4) is 0 Å². The zero-order chi connectivity index (χ0) is 10.3. The van der Waals surface area contributed by atoms with Gasteiger partial charge in [-0.1, -0.05) is 34.6 Å². The van der Waals surface area contributed by atoms with E-state index in [9.17, 15) is 0 Å². The molecule has 1 N–H and O–H groups in total. The van der Waals surface area contributed by atoms with Crippen molar-refractivity contribution in [3.63, 3.8) is 0 Å². The summed E-state index contributed by atoms with van der Waals surface area (Å²) in [6, 6.07) is 1.31. The molecule has 0 amide bonds. The number of nitrogens with zero attached hydrogens (tertiary/aromatic N) is 1. The average Bonchev–Trinajstić information content (AvgIpc) is 2.11. The minimum Gasteiger partial charge on any atom is -0.313 e. The Morgan fingerprint density at radius 3 is 1.92 bits per heavy atom. The van der Waals surface area contributed by atoms with Gasteiger partial charge < -0.3 is 5.32 Å². The van der Waals surface area contributed by atoms with Crippen LogP contribution in [0.25, 0.3) is 0 Å². The first-order valence-electron chi connectivity index (χ1n) is 5.63. The maximum absolute atomic E-state index is 3.50. The second-order valence-corrected chi connectivity index (χ2v) is 3.85. The van der Waals surface area contributed by atoms with Gasteiger partial charge in [0, 0.05) is 18.6 Å². The molecule has 0 radical (unpaired) electrons. The Hall–Kier alpha value is -0.0800. The van der Waals surface area contributed by atoms with Crippen molar-refractivity contribution in [2.75, 3.05) is 19.6 Å². The highest BCUT2D eigenvalue weighted by molar-refractivity contribution is 4.71. The Morgan fingerprint density at radius 1 is 1.08 bits per heavy atom. The lowest BCUT2D eigenvalue weighted by Gasteiger charge is -2.29. The number of hydrogen-bond donors (Lipinski definition) is 1. The third-order valence-electron chi connectivity index (χ3n) is 2.56. The summed E-state index contributed by atoms with van der Waals surface area (Å²) in [5.74, 6) is 0. The van der Waals surface area contributed by atoms with Gasteiger partial charge >= 0.3 is 0 Å². The van der Waals surface area contributed by atoms with Crippen LogP contribution in [0.3, 0.4) is 0 Å². The third-order valence-corrected chi connectivity index (χ3v) is 2.56. The van der Waals surface area contributed by atoms with E-state index in [4.69, 9.17) is 0 Å². The largest absolute Gasteiger partial charge is 0.313 e. The van der Waals surface area contributed by atoms with Gasteiger partial charge in [-0.3, -0.25) is 4.90 Å². The van der Waals surface area contributed by atoms with E-state index in [2.05, 4.69) is 44.8 Å². The van der Waals surface area contributed by atoms with Gasteiger partial charge in [-0.05, 0) is 19.5 Å². The van der Waals surface area contributed by atoms with Crippen molar-refractivity contribution in [2.24, 2.45) is 0 Å². The lowest BCUT2D eigenvalue weighted by Crippen LogP contribution is -2.43. The SMILES string of the molecule is CCC(CNC(C)C)N(CC)CC. The molecule has 0 aliphatic rings. The second kappa shape index (κ2) is 7.34. The van der Waals surface area contributed by atoms with E-state index >= 15 is 0 Å². The Balaban J connectivity index is 3.85. The van der Waals surface area contributed by atoms with Crippen molar-refractivity contribution in [3.05, 3.63) is 0 Å². The molecule has 0 fully saturated rings. The maximum atomic E-state index is 3.50. The van der Waals surface area contributed by atoms with Gasteiger partial charge in [-0.15, -0.1) is 0 Å².